The Morgan fingerprint density at radius 3 is 2.61 bits per heavy atom. The predicted molar refractivity (Wildman–Crippen MR) is 111 cm³/mol. The fourth-order valence-electron chi connectivity index (χ4n) is 4.11. The molecule has 0 radical (unpaired) electrons. The molecule has 1 aromatic rings. The molecule has 3 atom stereocenters. The van der Waals surface area contributed by atoms with E-state index in [2.05, 4.69) is 4.99 Å². The van der Waals surface area contributed by atoms with Crippen LogP contribution in [0.2, 0.25) is 0 Å². The molecule has 0 bridgehead atoms. The fourth-order valence-corrected chi connectivity index (χ4v) is 4.11. The van der Waals surface area contributed by atoms with Crippen LogP contribution in [0.25, 0.3) is 0 Å². The maximum Gasteiger partial charge on any atom is 0.417 e. The minimum absolute atomic E-state index is 0.0689. The summed E-state index contributed by atoms with van der Waals surface area (Å²) in [5.74, 6) is -1.53. The van der Waals surface area contributed by atoms with Crippen molar-refractivity contribution in [3.05, 3.63) is 58.7 Å². The van der Waals surface area contributed by atoms with Crippen LogP contribution in [0, 0.1) is 0 Å². The Labute approximate surface area is 186 Å². The Morgan fingerprint density at radius 2 is 2.00 bits per heavy atom. The third-order valence-electron chi connectivity index (χ3n) is 5.84. The number of alkyl halides is 4. The second-order valence-electron chi connectivity index (χ2n) is 8.17. The van der Waals surface area contributed by atoms with Gasteiger partial charge in [0.15, 0.2) is 12.0 Å². The third kappa shape index (κ3) is 4.50. The Morgan fingerprint density at radius 1 is 1.24 bits per heavy atom. The van der Waals surface area contributed by atoms with Crippen molar-refractivity contribution < 1.29 is 32.3 Å². The lowest BCUT2D eigenvalue weighted by molar-refractivity contribution is -0.138. The molecule has 2 unspecified atom stereocenters. The van der Waals surface area contributed by atoms with Crippen LogP contribution in [0.15, 0.2) is 47.0 Å². The second kappa shape index (κ2) is 8.62. The SMILES string of the molecule is NC1=N[C@H](C2=CCCC=C2)C(=O)N1Cc1ccc(C(F)(F)F)c(C(=O)N2CC(O)C(F)C2)c1. The number of hydrogen-bond donors (Lipinski definition) is 2. The minimum atomic E-state index is -4.83. The summed E-state index contributed by atoms with van der Waals surface area (Å²) in [6, 6.07) is 2.12. The molecule has 3 N–H and O–H groups in total. The molecule has 176 valence electrons. The molecule has 33 heavy (non-hydrogen) atoms. The van der Waals surface area contributed by atoms with E-state index in [-0.39, 0.29) is 18.1 Å². The van der Waals surface area contributed by atoms with Gasteiger partial charge in [-0.25, -0.2) is 9.38 Å². The van der Waals surface area contributed by atoms with Gasteiger partial charge < -0.3 is 15.7 Å². The van der Waals surface area contributed by atoms with Gasteiger partial charge in [-0.05, 0) is 36.1 Å². The van der Waals surface area contributed by atoms with Crippen LogP contribution in [0.4, 0.5) is 17.6 Å². The van der Waals surface area contributed by atoms with Gasteiger partial charge in [-0.2, -0.15) is 13.2 Å². The Balaban J connectivity index is 1.60. The van der Waals surface area contributed by atoms with E-state index in [4.69, 9.17) is 5.73 Å². The summed E-state index contributed by atoms with van der Waals surface area (Å²) >= 11 is 0. The van der Waals surface area contributed by atoms with Crippen LogP contribution in [0.3, 0.4) is 0 Å². The van der Waals surface area contributed by atoms with Gasteiger partial charge in [0.25, 0.3) is 11.8 Å². The fraction of sp³-hybridized carbons (Fsp3) is 0.409. The number of β-amino-alcohol motifs (C(OH)–C–C–N with tert-alkyl or cyclic N) is 1. The summed E-state index contributed by atoms with van der Waals surface area (Å²) in [6.45, 7) is -1.10. The molecule has 0 spiro atoms. The van der Waals surface area contributed by atoms with Gasteiger partial charge in [0.05, 0.1) is 24.2 Å². The standard InChI is InChI=1S/C22H22F4N4O3/c23-16-10-29(11-17(16)31)19(32)14-8-12(6-7-15(14)22(24,25)26)9-30-20(33)18(28-21(30)27)13-4-2-1-3-5-13/h2,4-8,16-18,31H,1,3,9-11H2,(H2,27,28)/t16?,17?,18-/m1/s1. The average molecular weight is 466 g/mol. The first kappa shape index (κ1) is 23.0. The highest BCUT2D eigenvalue weighted by atomic mass is 19.4. The van der Waals surface area contributed by atoms with Gasteiger partial charge in [0, 0.05) is 6.54 Å². The summed E-state index contributed by atoms with van der Waals surface area (Å²) in [6.07, 6.45) is -0.792. The molecule has 1 aliphatic carbocycles. The first-order valence-corrected chi connectivity index (χ1v) is 10.4. The molecule has 2 aliphatic heterocycles. The lowest BCUT2D eigenvalue weighted by atomic mass is 9.99. The zero-order valence-electron chi connectivity index (χ0n) is 17.4. The van der Waals surface area contributed by atoms with Crippen molar-refractivity contribution in [1.29, 1.82) is 0 Å². The van der Waals surface area contributed by atoms with E-state index >= 15 is 0 Å². The van der Waals surface area contributed by atoms with Crippen molar-refractivity contribution in [2.24, 2.45) is 10.7 Å². The van der Waals surface area contributed by atoms with Gasteiger partial charge in [0.1, 0.15) is 12.3 Å². The van der Waals surface area contributed by atoms with Crippen LogP contribution in [0.1, 0.15) is 34.3 Å². The first-order chi connectivity index (χ1) is 15.6. The van der Waals surface area contributed by atoms with E-state index in [1.807, 2.05) is 12.2 Å². The van der Waals surface area contributed by atoms with Crippen LogP contribution in [-0.4, -0.2) is 64.1 Å². The van der Waals surface area contributed by atoms with Crippen molar-refractivity contribution in [2.45, 2.75) is 43.9 Å². The molecule has 1 aromatic carbocycles. The molecule has 1 fully saturated rings. The van der Waals surface area contributed by atoms with Crippen molar-refractivity contribution >= 4 is 17.8 Å². The van der Waals surface area contributed by atoms with E-state index in [9.17, 15) is 32.3 Å². The van der Waals surface area contributed by atoms with E-state index in [0.29, 0.717) is 5.57 Å². The van der Waals surface area contributed by atoms with Gasteiger partial charge in [-0.3, -0.25) is 14.5 Å². The largest absolute Gasteiger partial charge is 0.417 e. The molecule has 0 saturated carbocycles. The van der Waals surface area contributed by atoms with Gasteiger partial charge in [-0.1, -0.05) is 24.3 Å². The van der Waals surface area contributed by atoms with Crippen LogP contribution in [0.5, 0.6) is 0 Å². The Bertz CT molecular complexity index is 1060. The highest BCUT2D eigenvalue weighted by Gasteiger charge is 2.40. The summed E-state index contributed by atoms with van der Waals surface area (Å²) in [7, 11) is 0. The molecule has 2 amide bonds. The summed E-state index contributed by atoms with van der Waals surface area (Å²) in [5.41, 5.74) is 4.98. The highest BCUT2D eigenvalue weighted by molar-refractivity contribution is 6.06. The lowest BCUT2D eigenvalue weighted by Gasteiger charge is -2.21. The summed E-state index contributed by atoms with van der Waals surface area (Å²) in [5, 5.41) is 9.56. The molecule has 3 aliphatic rings. The smallest absolute Gasteiger partial charge is 0.388 e. The molecule has 11 heteroatoms. The van der Waals surface area contributed by atoms with E-state index in [0.717, 1.165) is 40.8 Å². The van der Waals surface area contributed by atoms with E-state index < -0.39 is 60.5 Å². The number of benzene rings is 1. The molecule has 4 rings (SSSR count). The Hall–Kier alpha value is -3.21. The number of carbonyl (C=O) groups is 2. The predicted octanol–water partition coefficient (Wildman–Crippen LogP) is 2.16. The quantitative estimate of drug-likeness (QED) is 0.665. The topological polar surface area (TPSA) is 99.2 Å². The van der Waals surface area contributed by atoms with E-state index in [1.54, 1.807) is 6.08 Å². The van der Waals surface area contributed by atoms with Crippen molar-refractivity contribution in [3.8, 4) is 0 Å². The zero-order chi connectivity index (χ0) is 23.9. The Kier molecular flexibility index (Phi) is 6.00. The molecular weight excluding hydrogens is 444 g/mol. The van der Waals surface area contributed by atoms with Gasteiger partial charge in [-0.15, -0.1) is 0 Å². The van der Waals surface area contributed by atoms with Crippen LogP contribution < -0.4 is 5.73 Å². The number of nitrogens with zero attached hydrogens (tertiary/aromatic N) is 3. The van der Waals surface area contributed by atoms with Crippen LogP contribution >= 0.6 is 0 Å². The maximum atomic E-state index is 13.7. The molecule has 7 nitrogen and oxygen atoms in total. The number of likely N-dealkylation sites (tertiary alicyclic amines) is 1. The molecular formula is C22H22F4N4O3. The first-order valence-electron chi connectivity index (χ1n) is 10.4. The van der Waals surface area contributed by atoms with Crippen molar-refractivity contribution in [3.63, 3.8) is 0 Å². The highest BCUT2D eigenvalue weighted by Crippen LogP contribution is 2.34. The number of rotatable bonds is 4. The summed E-state index contributed by atoms with van der Waals surface area (Å²) < 4.78 is 54.3. The molecule has 2 heterocycles. The number of nitrogens with two attached hydrogens (primary N) is 1. The number of aliphatic imine (C=N–C) groups is 1. The number of hydrogen-bond acceptors (Lipinski definition) is 5. The maximum absolute atomic E-state index is 13.7. The third-order valence-corrected chi connectivity index (χ3v) is 5.84. The number of halogens is 4. The normalized spacial score (nSPS) is 25.5. The van der Waals surface area contributed by atoms with Crippen LogP contribution in [-0.2, 0) is 17.5 Å². The zero-order valence-corrected chi connectivity index (χ0v) is 17.4. The van der Waals surface area contributed by atoms with Gasteiger partial charge in [0.2, 0.25) is 0 Å². The number of amides is 2. The van der Waals surface area contributed by atoms with Crippen molar-refractivity contribution in [1.82, 2.24) is 9.80 Å². The monoisotopic (exact) mass is 466 g/mol. The molecule has 1 saturated heterocycles. The number of allylic oxidation sites excluding steroid dienone is 2. The summed E-state index contributed by atoms with van der Waals surface area (Å²) in [4.78, 5) is 31.9. The molecule has 0 aromatic heterocycles. The number of carbonyl (C=O) groups excluding carboxylic acids is 2. The van der Waals surface area contributed by atoms with Crippen molar-refractivity contribution in [2.75, 3.05) is 13.1 Å². The number of guanidine groups is 1. The van der Waals surface area contributed by atoms with Gasteiger partial charge >= 0.3 is 6.18 Å². The second-order valence-corrected chi connectivity index (χ2v) is 8.17. The van der Waals surface area contributed by atoms with E-state index in [1.165, 1.54) is 0 Å². The average Bonchev–Trinajstić information content (AvgIpc) is 3.26. The minimum Gasteiger partial charge on any atom is -0.388 e. The number of aliphatic hydroxyl groups is 1. The lowest BCUT2D eigenvalue weighted by Crippen LogP contribution is -2.39. The number of aliphatic hydroxyl groups excluding tert-OH is 1.